The Hall–Kier alpha value is -1.40. The number of hydrogen-bond donors (Lipinski definition) is 2. The van der Waals surface area contributed by atoms with Crippen molar-refractivity contribution in [3.8, 4) is 0 Å². The van der Waals surface area contributed by atoms with Gasteiger partial charge < -0.3 is 0 Å². The van der Waals surface area contributed by atoms with Gasteiger partial charge in [0.25, 0.3) is 5.24 Å². The van der Waals surface area contributed by atoms with Crippen LogP contribution in [0.15, 0.2) is 24.5 Å². The maximum Gasteiger partial charge on any atom is 0.293 e. The van der Waals surface area contributed by atoms with Crippen LogP contribution >= 0.6 is 11.8 Å². The summed E-state index contributed by atoms with van der Waals surface area (Å²) >= 11 is 0.834. The van der Waals surface area contributed by atoms with Gasteiger partial charge in [0, 0.05) is 18.0 Å². The number of thioether (sulfide) groups is 1. The molecule has 0 spiro atoms. The number of nitrogens with zero attached hydrogens (tertiary/aromatic N) is 1. The summed E-state index contributed by atoms with van der Waals surface area (Å²) in [5.41, 5.74) is 2.47. The highest BCUT2D eigenvalue weighted by atomic mass is 32.2. The number of Topliss-reactive ketones (excluding diaryl/α,β-unsaturated/α-hetero) is 1. The predicted octanol–water partition coefficient (Wildman–Crippen LogP) is 0.581. The molecule has 0 atom stereocenters. The third-order valence-electron chi connectivity index (χ3n) is 1.45. The molecule has 0 aliphatic heterocycles. The van der Waals surface area contributed by atoms with Gasteiger partial charge in [-0.1, -0.05) is 11.8 Å². The van der Waals surface area contributed by atoms with E-state index in [1.807, 2.05) is 5.43 Å². The number of carbonyl (C=O) groups excluding carboxylic acids is 2. The van der Waals surface area contributed by atoms with Crippen LogP contribution in [-0.4, -0.2) is 21.8 Å². The van der Waals surface area contributed by atoms with Crippen LogP contribution in [0.4, 0.5) is 4.79 Å². The highest BCUT2D eigenvalue weighted by Crippen LogP contribution is 2.06. The largest absolute Gasteiger partial charge is 0.293 e. The van der Waals surface area contributed by atoms with E-state index in [4.69, 9.17) is 5.84 Å². The third kappa shape index (κ3) is 3.15. The van der Waals surface area contributed by atoms with E-state index >= 15 is 0 Å². The lowest BCUT2D eigenvalue weighted by atomic mass is 10.2. The van der Waals surface area contributed by atoms with E-state index in [1.165, 1.54) is 12.4 Å². The number of aromatic nitrogens is 1. The summed E-state index contributed by atoms with van der Waals surface area (Å²) in [6.45, 7) is 0. The molecule has 0 aliphatic rings. The van der Waals surface area contributed by atoms with Crippen molar-refractivity contribution in [1.29, 1.82) is 0 Å². The normalized spacial score (nSPS) is 9.50. The number of rotatable bonds is 3. The zero-order valence-corrected chi connectivity index (χ0v) is 8.08. The first kappa shape index (κ1) is 10.7. The molecular weight excluding hydrogens is 202 g/mol. The van der Waals surface area contributed by atoms with Crippen molar-refractivity contribution in [2.75, 3.05) is 5.75 Å². The zero-order chi connectivity index (χ0) is 10.4. The van der Waals surface area contributed by atoms with E-state index in [-0.39, 0.29) is 11.5 Å². The number of hydrazine groups is 1. The topological polar surface area (TPSA) is 85.1 Å². The van der Waals surface area contributed by atoms with Crippen molar-refractivity contribution in [3.63, 3.8) is 0 Å². The van der Waals surface area contributed by atoms with Crippen LogP contribution in [0.5, 0.6) is 0 Å². The standard InChI is InChI=1S/C8H9N3O2S/c9-11-8(13)14-5-7(12)6-1-3-10-4-2-6/h1-4H,5,9H2,(H,11,13). The molecule has 0 saturated carbocycles. The fourth-order valence-corrected chi connectivity index (χ4v) is 1.31. The SMILES string of the molecule is NNC(=O)SCC(=O)c1ccncc1. The fourth-order valence-electron chi connectivity index (χ4n) is 0.794. The molecule has 14 heavy (non-hydrogen) atoms. The Morgan fingerprint density at radius 1 is 1.43 bits per heavy atom. The molecule has 0 radical (unpaired) electrons. The summed E-state index contributed by atoms with van der Waals surface area (Å²) in [5.74, 6) is 4.81. The van der Waals surface area contributed by atoms with Crippen LogP contribution in [-0.2, 0) is 0 Å². The van der Waals surface area contributed by atoms with Gasteiger partial charge in [0.1, 0.15) is 0 Å². The van der Waals surface area contributed by atoms with Crippen molar-refractivity contribution < 1.29 is 9.59 Å². The minimum absolute atomic E-state index is 0.0764. The lowest BCUT2D eigenvalue weighted by molar-refractivity contribution is 0.102. The molecule has 5 nitrogen and oxygen atoms in total. The van der Waals surface area contributed by atoms with Gasteiger partial charge in [0.15, 0.2) is 5.78 Å². The summed E-state index contributed by atoms with van der Waals surface area (Å²) in [7, 11) is 0. The molecule has 0 saturated heterocycles. The number of nitrogens with two attached hydrogens (primary N) is 1. The van der Waals surface area contributed by atoms with Crippen LogP contribution in [0.3, 0.4) is 0 Å². The molecule has 0 fully saturated rings. The lowest BCUT2D eigenvalue weighted by Gasteiger charge is -1.99. The summed E-state index contributed by atoms with van der Waals surface area (Å²) in [4.78, 5) is 25.9. The maximum atomic E-state index is 11.4. The minimum atomic E-state index is -0.424. The van der Waals surface area contributed by atoms with E-state index in [2.05, 4.69) is 4.98 Å². The first-order chi connectivity index (χ1) is 6.74. The van der Waals surface area contributed by atoms with Crippen LogP contribution in [0.2, 0.25) is 0 Å². The molecule has 3 N–H and O–H groups in total. The monoisotopic (exact) mass is 211 g/mol. The van der Waals surface area contributed by atoms with E-state index in [0.717, 1.165) is 11.8 Å². The second-order valence-electron chi connectivity index (χ2n) is 2.38. The summed E-state index contributed by atoms with van der Waals surface area (Å²) < 4.78 is 0. The number of hydrogen-bond acceptors (Lipinski definition) is 5. The van der Waals surface area contributed by atoms with E-state index in [1.54, 1.807) is 12.1 Å². The third-order valence-corrected chi connectivity index (χ3v) is 2.24. The number of ketones is 1. The van der Waals surface area contributed by atoms with Crippen molar-refractivity contribution >= 4 is 22.8 Å². The Balaban J connectivity index is 2.48. The zero-order valence-electron chi connectivity index (χ0n) is 7.27. The van der Waals surface area contributed by atoms with Crippen LogP contribution in [0, 0.1) is 0 Å². The highest BCUT2D eigenvalue weighted by Gasteiger charge is 2.08. The van der Waals surface area contributed by atoms with Gasteiger partial charge in [-0.15, -0.1) is 0 Å². The molecule has 1 heterocycles. The molecule has 0 aliphatic carbocycles. The Labute approximate surface area is 85.1 Å². The number of pyridine rings is 1. The number of amides is 1. The van der Waals surface area contributed by atoms with Crippen molar-refractivity contribution in [2.24, 2.45) is 5.84 Å². The molecule has 1 rings (SSSR count). The Morgan fingerprint density at radius 3 is 2.64 bits per heavy atom. The van der Waals surface area contributed by atoms with Crippen molar-refractivity contribution in [2.45, 2.75) is 0 Å². The van der Waals surface area contributed by atoms with E-state index < -0.39 is 5.24 Å². The van der Waals surface area contributed by atoms with Gasteiger partial charge in [-0.3, -0.25) is 20.0 Å². The first-order valence-corrected chi connectivity index (χ1v) is 4.79. The molecule has 0 aromatic carbocycles. The molecule has 1 amide bonds. The second-order valence-corrected chi connectivity index (χ2v) is 3.33. The highest BCUT2D eigenvalue weighted by molar-refractivity contribution is 8.14. The van der Waals surface area contributed by atoms with Crippen molar-refractivity contribution in [3.05, 3.63) is 30.1 Å². The fraction of sp³-hybridized carbons (Fsp3) is 0.125. The lowest BCUT2D eigenvalue weighted by Crippen LogP contribution is -2.26. The number of carbonyl (C=O) groups is 2. The summed E-state index contributed by atoms with van der Waals surface area (Å²) in [6.07, 6.45) is 3.06. The van der Waals surface area contributed by atoms with Crippen molar-refractivity contribution in [1.82, 2.24) is 10.4 Å². The average molecular weight is 211 g/mol. The van der Waals surface area contributed by atoms with Gasteiger partial charge in [0.05, 0.1) is 5.75 Å². The van der Waals surface area contributed by atoms with Gasteiger partial charge in [-0.2, -0.15) is 0 Å². The second kappa shape index (κ2) is 5.36. The van der Waals surface area contributed by atoms with Gasteiger partial charge in [-0.05, 0) is 12.1 Å². The quantitative estimate of drug-likeness (QED) is 0.330. The van der Waals surface area contributed by atoms with E-state index in [9.17, 15) is 9.59 Å². The number of nitrogens with one attached hydrogen (secondary N) is 1. The smallest absolute Gasteiger partial charge is 0.293 e. The molecule has 0 bridgehead atoms. The Bertz CT molecular complexity index is 329. The van der Waals surface area contributed by atoms with E-state index in [0.29, 0.717) is 5.56 Å². The van der Waals surface area contributed by atoms with Crippen LogP contribution < -0.4 is 11.3 Å². The maximum absolute atomic E-state index is 11.4. The minimum Gasteiger partial charge on any atom is -0.293 e. The summed E-state index contributed by atoms with van der Waals surface area (Å²) in [6, 6.07) is 3.20. The van der Waals surface area contributed by atoms with Gasteiger partial charge >= 0.3 is 0 Å². The van der Waals surface area contributed by atoms with Crippen LogP contribution in [0.1, 0.15) is 10.4 Å². The summed E-state index contributed by atoms with van der Waals surface area (Å²) in [5, 5.41) is -0.424. The molecule has 6 heteroatoms. The average Bonchev–Trinajstić information content (AvgIpc) is 2.26. The molecule has 74 valence electrons. The predicted molar refractivity (Wildman–Crippen MR) is 53.7 cm³/mol. The molecule has 1 aromatic rings. The first-order valence-electron chi connectivity index (χ1n) is 3.80. The molecular formula is C8H9N3O2S. The molecule has 1 aromatic heterocycles. The van der Waals surface area contributed by atoms with Gasteiger partial charge in [-0.25, -0.2) is 5.84 Å². The van der Waals surface area contributed by atoms with Gasteiger partial charge in [0.2, 0.25) is 0 Å². The Morgan fingerprint density at radius 2 is 2.07 bits per heavy atom. The Kier molecular flexibility index (Phi) is 4.09. The van der Waals surface area contributed by atoms with Crippen LogP contribution in [0.25, 0.3) is 0 Å². The molecule has 0 unspecified atom stereocenters.